The second-order valence-electron chi connectivity index (χ2n) is 6.50. The monoisotopic (exact) mass is 366 g/mol. The summed E-state index contributed by atoms with van der Waals surface area (Å²) in [4.78, 5) is 14.4. The molecule has 5 nitrogen and oxygen atoms in total. The van der Waals surface area contributed by atoms with Crippen LogP contribution in [-0.4, -0.2) is 39.7 Å². The van der Waals surface area contributed by atoms with Gasteiger partial charge in [-0.3, -0.25) is 14.4 Å². The smallest absolute Gasteiger partial charge is 0.352 e. The molecule has 0 spiro atoms. The maximum atomic E-state index is 12.5. The molecule has 2 heterocycles. The third kappa shape index (κ3) is 5.08. The molecule has 1 amide bonds. The largest absolute Gasteiger partial charge is 0.435 e. The molecule has 1 aromatic heterocycles. The zero-order chi connectivity index (χ0) is 18.6. The van der Waals surface area contributed by atoms with Crippen LogP contribution in [0.4, 0.5) is 13.2 Å². The summed E-state index contributed by atoms with van der Waals surface area (Å²) < 4.78 is 38.6. The predicted octanol–water partition coefficient (Wildman–Crippen LogP) is 2.68. The van der Waals surface area contributed by atoms with Crippen molar-refractivity contribution in [1.29, 1.82) is 0 Å². The van der Waals surface area contributed by atoms with Gasteiger partial charge in [0.05, 0.1) is 0 Å². The van der Waals surface area contributed by atoms with Gasteiger partial charge in [-0.05, 0) is 24.5 Å². The Morgan fingerprint density at radius 1 is 1.15 bits per heavy atom. The van der Waals surface area contributed by atoms with E-state index in [0.29, 0.717) is 0 Å². The first kappa shape index (κ1) is 18.4. The standard InChI is InChI=1S/C18H21F3N4O/c19-18(20,21)16-8-11-25(23-16)13-17(26)22-15-6-9-24(10-7-15)12-14-4-2-1-3-5-14/h1-5,8,11,15H,6-7,9-10,12-13H2,(H,22,26). The molecule has 0 unspecified atom stereocenters. The Kier molecular flexibility index (Phi) is 5.61. The van der Waals surface area contributed by atoms with Crippen LogP contribution in [0.25, 0.3) is 0 Å². The van der Waals surface area contributed by atoms with E-state index in [-0.39, 0.29) is 18.5 Å². The van der Waals surface area contributed by atoms with Crippen LogP contribution in [0.1, 0.15) is 24.1 Å². The normalized spacial score (nSPS) is 16.6. The second kappa shape index (κ2) is 7.90. The third-order valence-corrected chi connectivity index (χ3v) is 4.44. The number of nitrogens with one attached hydrogen (secondary N) is 1. The summed E-state index contributed by atoms with van der Waals surface area (Å²) in [5.41, 5.74) is 0.272. The van der Waals surface area contributed by atoms with Crippen molar-refractivity contribution >= 4 is 5.91 Å². The minimum Gasteiger partial charge on any atom is -0.352 e. The molecule has 0 atom stereocenters. The highest BCUT2D eigenvalue weighted by Gasteiger charge is 2.33. The average molecular weight is 366 g/mol. The summed E-state index contributed by atoms with van der Waals surface area (Å²) in [6.45, 7) is 2.43. The number of carbonyl (C=O) groups is 1. The molecule has 0 aliphatic carbocycles. The number of halogens is 3. The van der Waals surface area contributed by atoms with Gasteiger partial charge in [-0.15, -0.1) is 0 Å². The van der Waals surface area contributed by atoms with Crippen LogP contribution >= 0.6 is 0 Å². The molecule has 1 fully saturated rings. The topological polar surface area (TPSA) is 50.2 Å². The van der Waals surface area contributed by atoms with Gasteiger partial charge in [0.15, 0.2) is 5.69 Å². The SMILES string of the molecule is O=C(Cn1ccc(C(F)(F)F)n1)NC1CCN(Cc2ccccc2)CC1. The number of rotatable bonds is 5. The Balaban J connectivity index is 1.42. The Morgan fingerprint density at radius 3 is 2.46 bits per heavy atom. The van der Waals surface area contributed by atoms with Crippen molar-refractivity contribution in [1.82, 2.24) is 20.0 Å². The summed E-state index contributed by atoms with van der Waals surface area (Å²) in [6.07, 6.45) is -1.67. The molecular formula is C18H21F3N4O. The summed E-state index contributed by atoms with van der Waals surface area (Å²) in [7, 11) is 0. The van der Waals surface area contributed by atoms with Crippen molar-refractivity contribution in [2.75, 3.05) is 13.1 Å². The van der Waals surface area contributed by atoms with E-state index in [1.807, 2.05) is 18.2 Å². The molecule has 2 aromatic rings. The summed E-state index contributed by atoms with van der Waals surface area (Å²) in [6, 6.07) is 11.1. The van der Waals surface area contributed by atoms with Crippen LogP contribution < -0.4 is 5.32 Å². The Labute approximate surface area is 149 Å². The number of aromatic nitrogens is 2. The van der Waals surface area contributed by atoms with E-state index in [2.05, 4.69) is 27.4 Å². The highest BCUT2D eigenvalue weighted by Crippen LogP contribution is 2.27. The number of carbonyl (C=O) groups excluding carboxylic acids is 1. The highest BCUT2D eigenvalue weighted by atomic mass is 19.4. The van der Waals surface area contributed by atoms with E-state index in [4.69, 9.17) is 0 Å². The molecule has 1 aliphatic heterocycles. The van der Waals surface area contributed by atoms with Gasteiger partial charge in [-0.25, -0.2) is 0 Å². The van der Waals surface area contributed by atoms with Gasteiger partial charge >= 0.3 is 6.18 Å². The van der Waals surface area contributed by atoms with E-state index in [1.54, 1.807) is 0 Å². The number of piperidine rings is 1. The Bertz CT molecular complexity index is 722. The number of likely N-dealkylation sites (tertiary alicyclic amines) is 1. The van der Waals surface area contributed by atoms with Gasteiger partial charge in [0.25, 0.3) is 0 Å². The average Bonchev–Trinajstić information content (AvgIpc) is 3.06. The summed E-state index contributed by atoms with van der Waals surface area (Å²) in [5, 5.41) is 6.29. The Morgan fingerprint density at radius 2 is 1.85 bits per heavy atom. The zero-order valence-corrected chi connectivity index (χ0v) is 14.2. The first-order valence-corrected chi connectivity index (χ1v) is 8.56. The highest BCUT2D eigenvalue weighted by molar-refractivity contribution is 5.75. The van der Waals surface area contributed by atoms with Gasteiger partial charge in [-0.1, -0.05) is 30.3 Å². The lowest BCUT2D eigenvalue weighted by atomic mass is 10.0. The molecule has 0 bridgehead atoms. The van der Waals surface area contributed by atoms with Crippen LogP contribution in [0.2, 0.25) is 0 Å². The lowest BCUT2D eigenvalue weighted by molar-refractivity contribution is -0.141. The Hall–Kier alpha value is -2.35. The lowest BCUT2D eigenvalue weighted by Gasteiger charge is -2.32. The number of nitrogens with zero attached hydrogens (tertiary/aromatic N) is 3. The number of hydrogen-bond donors (Lipinski definition) is 1. The molecule has 3 rings (SSSR count). The fraction of sp³-hybridized carbons (Fsp3) is 0.444. The van der Waals surface area contributed by atoms with Crippen molar-refractivity contribution in [3.63, 3.8) is 0 Å². The summed E-state index contributed by atoms with van der Waals surface area (Å²) in [5.74, 6) is -0.316. The lowest BCUT2D eigenvalue weighted by Crippen LogP contribution is -2.45. The minimum atomic E-state index is -4.49. The van der Waals surface area contributed by atoms with Crippen molar-refractivity contribution < 1.29 is 18.0 Å². The first-order chi connectivity index (χ1) is 12.4. The number of alkyl halides is 3. The van der Waals surface area contributed by atoms with E-state index < -0.39 is 11.9 Å². The number of hydrogen-bond acceptors (Lipinski definition) is 3. The molecule has 26 heavy (non-hydrogen) atoms. The molecule has 1 saturated heterocycles. The van der Waals surface area contributed by atoms with E-state index in [0.717, 1.165) is 43.2 Å². The van der Waals surface area contributed by atoms with Crippen molar-refractivity contribution in [3.05, 3.63) is 53.9 Å². The second-order valence-corrected chi connectivity index (χ2v) is 6.50. The maximum Gasteiger partial charge on any atom is 0.435 e. The van der Waals surface area contributed by atoms with Gasteiger partial charge in [0.1, 0.15) is 6.54 Å². The molecule has 140 valence electrons. The van der Waals surface area contributed by atoms with Crippen LogP contribution in [0.3, 0.4) is 0 Å². The van der Waals surface area contributed by atoms with Crippen molar-refractivity contribution in [2.24, 2.45) is 0 Å². The molecular weight excluding hydrogens is 345 g/mol. The molecule has 8 heteroatoms. The fourth-order valence-corrected chi connectivity index (χ4v) is 3.10. The molecule has 1 N–H and O–H groups in total. The first-order valence-electron chi connectivity index (χ1n) is 8.56. The van der Waals surface area contributed by atoms with Gasteiger partial charge in [0, 0.05) is 31.9 Å². The zero-order valence-electron chi connectivity index (χ0n) is 14.2. The van der Waals surface area contributed by atoms with Crippen LogP contribution in [0, 0.1) is 0 Å². The van der Waals surface area contributed by atoms with E-state index >= 15 is 0 Å². The van der Waals surface area contributed by atoms with Gasteiger partial charge in [0.2, 0.25) is 5.91 Å². The van der Waals surface area contributed by atoms with Crippen molar-refractivity contribution in [3.8, 4) is 0 Å². The van der Waals surface area contributed by atoms with Crippen molar-refractivity contribution in [2.45, 2.75) is 38.1 Å². The molecule has 1 aliphatic rings. The van der Waals surface area contributed by atoms with E-state index in [9.17, 15) is 18.0 Å². The van der Waals surface area contributed by atoms with E-state index in [1.165, 1.54) is 11.8 Å². The van der Waals surface area contributed by atoms with Gasteiger partial charge in [-0.2, -0.15) is 18.3 Å². The maximum absolute atomic E-state index is 12.5. The third-order valence-electron chi connectivity index (χ3n) is 4.44. The van der Waals surface area contributed by atoms with Gasteiger partial charge < -0.3 is 5.32 Å². The quantitative estimate of drug-likeness (QED) is 0.885. The van der Waals surface area contributed by atoms with Crippen LogP contribution in [0.15, 0.2) is 42.6 Å². The van der Waals surface area contributed by atoms with Crippen LogP contribution in [0.5, 0.6) is 0 Å². The predicted molar refractivity (Wildman–Crippen MR) is 90.1 cm³/mol. The minimum absolute atomic E-state index is 0.0483. The fourth-order valence-electron chi connectivity index (χ4n) is 3.10. The summed E-state index contributed by atoms with van der Waals surface area (Å²) >= 11 is 0. The van der Waals surface area contributed by atoms with Crippen LogP contribution in [-0.2, 0) is 24.1 Å². The number of amides is 1. The molecule has 0 saturated carbocycles. The molecule has 1 aromatic carbocycles. The number of benzene rings is 1. The molecule has 0 radical (unpaired) electrons.